The molecule has 6 heteroatoms. The number of aromatic hydroxyl groups is 1. The van der Waals surface area contributed by atoms with Gasteiger partial charge in [0.1, 0.15) is 11.6 Å². The van der Waals surface area contributed by atoms with Gasteiger partial charge >= 0.3 is 0 Å². The van der Waals surface area contributed by atoms with Crippen molar-refractivity contribution in [2.24, 2.45) is 5.92 Å². The van der Waals surface area contributed by atoms with Crippen LogP contribution < -0.4 is 5.56 Å². The molecule has 0 saturated heterocycles. The summed E-state index contributed by atoms with van der Waals surface area (Å²) in [6, 6.07) is 1.82. The molecule has 0 aromatic carbocycles. The summed E-state index contributed by atoms with van der Waals surface area (Å²) in [5.41, 5.74) is -0.433. The quantitative estimate of drug-likeness (QED) is 0.804. The van der Waals surface area contributed by atoms with Gasteiger partial charge in [-0.15, -0.1) is 0 Å². The molecule has 1 rings (SSSR count). The van der Waals surface area contributed by atoms with Crippen LogP contribution in [0.5, 0.6) is 5.88 Å². The average Bonchev–Trinajstić information content (AvgIpc) is 2.38. The number of ketones is 1. The summed E-state index contributed by atoms with van der Waals surface area (Å²) in [6.45, 7) is 5.55. The average molecular weight is 292 g/mol. The lowest BCUT2D eigenvalue weighted by Gasteiger charge is -2.15. The fourth-order valence-electron chi connectivity index (χ4n) is 2.15. The van der Waals surface area contributed by atoms with Gasteiger partial charge in [0, 0.05) is 13.5 Å². The van der Waals surface area contributed by atoms with E-state index in [0.717, 1.165) is 4.57 Å². The van der Waals surface area contributed by atoms with Gasteiger partial charge < -0.3 is 9.84 Å². The monoisotopic (exact) mass is 292 g/mol. The zero-order valence-electron chi connectivity index (χ0n) is 12.8. The van der Waals surface area contributed by atoms with E-state index < -0.39 is 5.56 Å². The Labute approximate surface area is 123 Å². The van der Waals surface area contributed by atoms with E-state index in [9.17, 15) is 14.7 Å². The highest BCUT2D eigenvalue weighted by atomic mass is 16.5. The minimum Gasteiger partial charge on any atom is -0.494 e. The predicted octanol–water partition coefficient (Wildman–Crippen LogP) is 1.61. The summed E-state index contributed by atoms with van der Waals surface area (Å²) in [5, 5.41) is 19.4. The largest absolute Gasteiger partial charge is 0.494 e. The van der Waals surface area contributed by atoms with Crippen LogP contribution in [-0.4, -0.2) is 29.2 Å². The van der Waals surface area contributed by atoms with Crippen LogP contribution in [-0.2, 0) is 11.3 Å². The van der Waals surface area contributed by atoms with E-state index in [-0.39, 0.29) is 53.8 Å². The zero-order chi connectivity index (χ0) is 16.2. The molecule has 0 radical (unpaired) electrons. The minimum atomic E-state index is -0.606. The molecule has 114 valence electrons. The van der Waals surface area contributed by atoms with Crippen LogP contribution >= 0.6 is 0 Å². The Bertz CT molecular complexity index is 639. The van der Waals surface area contributed by atoms with Gasteiger partial charge in [0.25, 0.3) is 5.56 Å². The van der Waals surface area contributed by atoms with Crippen molar-refractivity contribution in [1.29, 1.82) is 5.26 Å². The molecule has 1 N–H and O–H groups in total. The summed E-state index contributed by atoms with van der Waals surface area (Å²) in [5.74, 6) is -0.553. The molecule has 1 aromatic rings. The van der Waals surface area contributed by atoms with E-state index in [0.29, 0.717) is 0 Å². The first-order valence-electron chi connectivity index (χ1n) is 6.73. The third-order valence-electron chi connectivity index (χ3n) is 3.19. The van der Waals surface area contributed by atoms with Crippen LogP contribution in [0.25, 0.3) is 0 Å². The second-order valence-electron chi connectivity index (χ2n) is 5.28. The molecule has 6 nitrogen and oxygen atoms in total. The van der Waals surface area contributed by atoms with Gasteiger partial charge in [-0.05, 0) is 18.4 Å². The normalized spacial score (nSPS) is 10.7. The van der Waals surface area contributed by atoms with Crippen molar-refractivity contribution in [1.82, 2.24) is 4.57 Å². The number of Topliss-reactive ketones (excluding diaryl/α,β-unsaturated/α-hetero) is 1. The number of nitrogens with zero attached hydrogens (tertiary/aromatic N) is 2. The zero-order valence-corrected chi connectivity index (χ0v) is 12.8. The van der Waals surface area contributed by atoms with E-state index >= 15 is 0 Å². The first-order valence-corrected chi connectivity index (χ1v) is 6.73. The van der Waals surface area contributed by atoms with E-state index in [2.05, 4.69) is 0 Å². The van der Waals surface area contributed by atoms with Crippen molar-refractivity contribution < 1.29 is 14.6 Å². The summed E-state index contributed by atoms with van der Waals surface area (Å²) >= 11 is 0. The highest BCUT2D eigenvalue weighted by Crippen LogP contribution is 2.24. The van der Waals surface area contributed by atoms with Crippen molar-refractivity contribution in [3.63, 3.8) is 0 Å². The van der Waals surface area contributed by atoms with Crippen LogP contribution in [0.2, 0.25) is 0 Å². The highest BCUT2D eigenvalue weighted by Gasteiger charge is 2.24. The lowest BCUT2D eigenvalue weighted by Crippen LogP contribution is -2.28. The van der Waals surface area contributed by atoms with Crippen LogP contribution in [0.4, 0.5) is 0 Å². The molecular weight excluding hydrogens is 272 g/mol. The van der Waals surface area contributed by atoms with Crippen molar-refractivity contribution in [2.75, 3.05) is 13.7 Å². The summed E-state index contributed by atoms with van der Waals surface area (Å²) < 4.78 is 5.90. The standard InChI is InChI=1S/C15H20N2O4/c1-9(2)7-12(18)13-10(3)11(8-16)14(19)17(15(13)20)5-6-21-4/h9,20H,5-7H2,1-4H3. The number of carbonyl (C=O) groups is 1. The third-order valence-corrected chi connectivity index (χ3v) is 3.19. The number of carbonyl (C=O) groups excluding carboxylic acids is 1. The molecule has 0 aliphatic heterocycles. The number of hydrogen-bond acceptors (Lipinski definition) is 5. The molecule has 0 unspecified atom stereocenters. The van der Waals surface area contributed by atoms with Crippen molar-refractivity contribution in [3.8, 4) is 11.9 Å². The second kappa shape index (κ2) is 7.04. The molecule has 0 atom stereocenters. The molecule has 0 spiro atoms. The number of hydrogen-bond donors (Lipinski definition) is 1. The van der Waals surface area contributed by atoms with Crippen LogP contribution in [0, 0.1) is 24.2 Å². The number of pyridine rings is 1. The molecule has 1 heterocycles. The summed E-state index contributed by atoms with van der Waals surface area (Å²) in [6.07, 6.45) is 0.238. The molecule has 21 heavy (non-hydrogen) atoms. The highest BCUT2D eigenvalue weighted by molar-refractivity contribution is 6.00. The fourth-order valence-corrected chi connectivity index (χ4v) is 2.15. The lowest BCUT2D eigenvalue weighted by atomic mass is 9.96. The van der Waals surface area contributed by atoms with Crippen molar-refractivity contribution >= 4 is 5.78 Å². The van der Waals surface area contributed by atoms with Crippen LogP contribution in [0.3, 0.4) is 0 Å². The number of nitriles is 1. The number of rotatable bonds is 6. The second-order valence-corrected chi connectivity index (χ2v) is 5.28. The SMILES string of the molecule is COCCn1c(O)c(C(=O)CC(C)C)c(C)c(C#N)c1=O. The number of aromatic nitrogens is 1. The summed E-state index contributed by atoms with van der Waals surface area (Å²) in [7, 11) is 1.46. The predicted molar refractivity (Wildman–Crippen MR) is 77.5 cm³/mol. The Morgan fingerprint density at radius 1 is 1.48 bits per heavy atom. The first kappa shape index (κ1) is 16.9. The number of methoxy groups -OCH3 is 1. The van der Waals surface area contributed by atoms with Gasteiger partial charge in [0.05, 0.1) is 18.7 Å². The minimum absolute atomic E-state index is 0.0518. The van der Waals surface area contributed by atoms with E-state index in [1.54, 1.807) is 0 Å². The smallest absolute Gasteiger partial charge is 0.271 e. The molecule has 0 fully saturated rings. The Kier molecular flexibility index (Phi) is 5.68. The Morgan fingerprint density at radius 2 is 2.10 bits per heavy atom. The molecule has 0 aliphatic carbocycles. The van der Waals surface area contributed by atoms with Crippen LogP contribution in [0.15, 0.2) is 4.79 Å². The van der Waals surface area contributed by atoms with Gasteiger partial charge in [-0.1, -0.05) is 13.8 Å². The van der Waals surface area contributed by atoms with Crippen molar-refractivity contribution in [3.05, 3.63) is 27.0 Å². The molecular formula is C15H20N2O4. The maximum absolute atomic E-state index is 12.3. The third kappa shape index (κ3) is 3.50. The Morgan fingerprint density at radius 3 is 2.57 bits per heavy atom. The van der Waals surface area contributed by atoms with Crippen LogP contribution in [0.1, 0.15) is 41.8 Å². The van der Waals surface area contributed by atoms with Gasteiger partial charge in [-0.2, -0.15) is 5.26 Å². The number of ether oxygens (including phenoxy) is 1. The lowest BCUT2D eigenvalue weighted by molar-refractivity contribution is 0.0962. The van der Waals surface area contributed by atoms with E-state index in [1.807, 2.05) is 19.9 Å². The first-order chi connectivity index (χ1) is 9.84. The maximum Gasteiger partial charge on any atom is 0.271 e. The molecule has 0 saturated carbocycles. The van der Waals surface area contributed by atoms with Crippen molar-refractivity contribution in [2.45, 2.75) is 33.7 Å². The van der Waals surface area contributed by atoms with Gasteiger partial charge in [-0.25, -0.2) is 0 Å². The maximum atomic E-state index is 12.3. The van der Waals surface area contributed by atoms with Gasteiger partial charge in [0.2, 0.25) is 5.88 Å². The molecule has 0 amide bonds. The van der Waals surface area contributed by atoms with E-state index in [4.69, 9.17) is 10.00 Å². The molecule has 1 aromatic heterocycles. The fraction of sp³-hybridized carbons (Fsp3) is 0.533. The molecule has 0 aliphatic rings. The Hall–Kier alpha value is -2.13. The molecule has 0 bridgehead atoms. The van der Waals surface area contributed by atoms with Gasteiger partial charge in [-0.3, -0.25) is 14.2 Å². The Balaban J connectivity index is 3.53. The topological polar surface area (TPSA) is 92.3 Å². The summed E-state index contributed by atoms with van der Waals surface area (Å²) in [4.78, 5) is 24.4. The van der Waals surface area contributed by atoms with Gasteiger partial charge in [0.15, 0.2) is 5.78 Å². The van der Waals surface area contributed by atoms with E-state index in [1.165, 1.54) is 14.0 Å².